The van der Waals surface area contributed by atoms with Crippen molar-refractivity contribution in [3.8, 4) is 5.75 Å². The van der Waals surface area contributed by atoms with Crippen LogP contribution in [-0.4, -0.2) is 39.7 Å². The average Bonchev–Trinajstić information content (AvgIpc) is 3.15. The van der Waals surface area contributed by atoms with Crippen molar-refractivity contribution in [3.05, 3.63) is 53.8 Å². The van der Waals surface area contributed by atoms with Gasteiger partial charge < -0.3 is 14.8 Å². The Balaban J connectivity index is 2.05. The zero-order valence-electron chi connectivity index (χ0n) is 17.7. The van der Waals surface area contributed by atoms with E-state index in [1.165, 1.54) is 0 Å². The van der Waals surface area contributed by atoms with Crippen molar-refractivity contribution in [2.75, 3.05) is 24.3 Å². The molecular formula is C22H28N4O3S. The molecule has 7 nitrogen and oxygen atoms in total. The Morgan fingerprint density at radius 2 is 2.20 bits per heavy atom. The number of benzene rings is 1. The zero-order chi connectivity index (χ0) is 21.5. The molecule has 0 bridgehead atoms. The quantitative estimate of drug-likeness (QED) is 0.337. The van der Waals surface area contributed by atoms with E-state index < -0.39 is 12.0 Å². The van der Waals surface area contributed by atoms with Gasteiger partial charge in [0, 0.05) is 11.4 Å². The van der Waals surface area contributed by atoms with Crippen LogP contribution in [-0.2, 0) is 9.53 Å². The number of aromatic nitrogens is 3. The summed E-state index contributed by atoms with van der Waals surface area (Å²) >= 11 is 1.59. The number of allylic oxidation sites excluding steroid dienone is 1. The number of anilines is 1. The van der Waals surface area contributed by atoms with Gasteiger partial charge in [-0.25, -0.2) is 9.48 Å². The molecule has 1 N–H and O–H groups in total. The van der Waals surface area contributed by atoms with Crippen molar-refractivity contribution in [1.29, 1.82) is 0 Å². The van der Waals surface area contributed by atoms with Crippen LogP contribution in [0.3, 0.4) is 0 Å². The lowest BCUT2D eigenvalue weighted by atomic mass is 9.95. The highest BCUT2D eigenvalue weighted by molar-refractivity contribution is 7.99. The molecule has 8 heteroatoms. The first-order valence-electron chi connectivity index (χ1n) is 10.2. The molecule has 1 aromatic carbocycles. The molecule has 0 spiro atoms. The summed E-state index contributed by atoms with van der Waals surface area (Å²) in [5, 5.41) is 8.58. The maximum atomic E-state index is 12.9. The Kier molecular flexibility index (Phi) is 7.57. The topological polar surface area (TPSA) is 78.3 Å². The number of esters is 1. The first-order valence-corrected chi connectivity index (χ1v) is 11.2. The molecule has 0 amide bonds. The highest BCUT2D eigenvalue weighted by Crippen LogP contribution is 2.37. The van der Waals surface area contributed by atoms with E-state index in [4.69, 9.17) is 9.47 Å². The number of carbonyl (C=O) groups excluding carboxylic acids is 1. The largest absolute Gasteiger partial charge is 0.494 e. The van der Waals surface area contributed by atoms with Crippen LogP contribution in [0.5, 0.6) is 5.75 Å². The monoisotopic (exact) mass is 428 g/mol. The number of carbonyl (C=O) groups is 1. The molecule has 0 saturated carbocycles. The SMILES string of the molecule is C=CCOC(=O)C1=C(C)Nc2nc(SCCC)nn2C1c1cccc(OCCC)c1. The predicted molar refractivity (Wildman–Crippen MR) is 119 cm³/mol. The number of fused-ring (bicyclic) bond motifs is 1. The summed E-state index contributed by atoms with van der Waals surface area (Å²) in [6.07, 6.45) is 3.50. The van der Waals surface area contributed by atoms with E-state index in [-0.39, 0.29) is 6.61 Å². The lowest BCUT2D eigenvalue weighted by Crippen LogP contribution is -2.29. The van der Waals surface area contributed by atoms with Gasteiger partial charge in [0.25, 0.3) is 0 Å². The standard InChI is InChI=1S/C22H28N4O3S/c1-5-11-28-17-10-8-9-16(14-17)19-18(20(27)29-12-6-2)15(4)23-21-24-22(25-26(19)21)30-13-7-3/h6,8-10,14,19H,2,5,7,11-13H2,1,3-4H3,(H,23,24,25). The Bertz CT molecular complexity index is 938. The van der Waals surface area contributed by atoms with Gasteiger partial charge in [0.2, 0.25) is 11.1 Å². The molecule has 1 aliphatic rings. The van der Waals surface area contributed by atoms with Crippen LogP contribution in [0.25, 0.3) is 0 Å². The van der Waals surface area contributed by atoms with Gasteiger partial charge in [-0.3, -0.25) is 0 Å². The number of ether oxygens (including phenoxy) is 2. The summed E-state index contributed by atoms with van der Waals surface area (Å²) in [4.78, 5) is 17.5. The number of hydrogen-bond donors (Lipinski definition) is 1. The second-order valence-electron chi connectivity index (χ2n) is 6.89. The minimum atomic E-state index is -0.466. The molecule has 0 radical (unpaired) electrons. The number of hydrogen-bond acceptors (Lipinski definition) is 7. The molecule has 0 fully saturated rings. The third-order valence-electron chi connectivity index (χ3n) is 4.47. The molecule has 160 valence electrons. The Labute approximate surface area is 181 Å². The molecule has 3 rings (SSSR count). The number of rotatable bonds is 10. The first-order chi connectivity index (χ1) is 14.6. The molecule has 1 atom stereocenters. The second kappa shape index (κ2) is 10.3. The van der Waals surface area contributed by atoms with Gasteiger partial charge >= 0.3 is 5.97 Å². The third kappa shape index (κ3) is 4.87. The van der Waals surface area contributed by atoms with Gasteiger partial charge in [-0.1, -0.05) is 50.4 Å². The maximum absolute atomic E-state index is 12.9. The van der Waals surface area contributed by atoms with Crippen LogP contribution in [0.4, 0.5) is 5.95 Å². The fourth-order valence-electron chi connectivity index (χ4n) is 3.17. The molecule has 1 unspecified atom stereocenters. The Hall–Kier alpha value is -2.74. The van der Waals surface area contributed by atoms with E-state index in [1.54, 1.807) is 22.5 Å². The minimum absolute atomic E-state index is 0.143. The highest BCUT2D eigenvalue weighted by Gasteiger charge is 2.35. The van der Waals surface area contributed by atoms with Gasteiger partial charge in [0.05, 0.1) is 12.2 Å². The molecule has 2 aromatic rings. The second-order valence-corrected chi connectivity index (χ2v) is 7.95. The van der Waals surface area contributed by atoms with Gasteiger partial charge in [0.15, 0.2) is 0 Å². The number of thioether (sulfide) groups is 1. The number of nitrogens with one attached hydrogen (secondary N) is 1. The maximum Gasteiger partial charge on any atom is 0.338 e. The van der Waals surface area contributed by atoms with Crippen molar-refractivity contribution in [3.63, 3.8) is 0 Å². The van der Waals surface area contributed by atoms with Gasteiger partial charge in [-0.15, -0.1) is 5.10 Å². The normalized spacial score (nSPS) is 15.4. The Morgan fingerprint density at radius 3 is 2.93 bits per heavy atom. The lowest BCUT2D eigenvalue weighted by molar-refractivity contribution is -0.138. The molecular weight excluding hydrogens is 400 g/mol. The van der Waals surface area contributed by atoms with Crippen LogP contribution in [0.2, 0.25) is 0 Å². The summed E-state index contributed by atoms with van der Waals surface area (Å²) in [6.45, 7) is 10.4. The van der Waals surface area contributed by atoms with Gasteiger partial charge in [-0.2, -0.15) is 4.98 Å². The van der Waals surface area contributed by atoms with Crippen molar-refractivity contribution in [2.24, 2.45) is 0 Å². The van der Waals surface area contributed by atoms with Crippen molar-refractivity contribution in [1.82, 2.24) is 14.8 Å². The van der Waals surface area contributed by atoms with E-state index in [0.29, 0.717) is 29.0 Å². The van der Waals surface area contributed by atoms with Crippen LogP contribution >= 0.6 is 11.8 Å². The minimum Gasteiger partial charge on any atom is -0.494 e. The van der Waals surface area contributed by atoms with E-state index >= 15 is 0 Å². The Morgan fingerprint density at radius 1 is 1.37 bits per heavy atom. The predicted octanol–water partition coefficient (Wildman–Crippen LogP) is 4.59. The molecule has 2 heterocycles. The van der Waals surface area contributed by atoms with Gasteiger partial charge in [-0.05, 0) is 37.5 Å². The first kappa shape index (κ1) is 22.0. The van der Waals surface area contributed by atoms with Crippen LogP contribution in [0.1, 0.15) is 45.2 Å². The van der Waals surface area contributed by atoms with Crippen molar-refractivity contribution < 1.29 is 14.3 Å². The fourth-order valence-corrected chi connectivity index (χ4v) is 3.85. The van der Waals surface area contributed by atoms with Crippen molar-refractivity contribution in [2.45, 2.75) is 44.8 Å². The zero-order valence-corrected chi connectivity index (χ0v) is 18.5. The summed E-state index contributed by atoms with van der Waals surface area (Å²) in [5.74, 6) is 1.88. The van der Waals surface area contributed by atoms with E-state index in [9.17, 15) is 4.79 Å². The average molecular weight is 429 g/mol. The van der Waals surface area contributed by atoms with Gasteiger partial charge in [0.1, 0.15) is 18.4 Å². The molecule has 1 aliphatic heterocycles. The highest BCUT2D eigenvalue weighted by atomic mass is 32.2. The van der Waals surface area contributed by atoms with Crippen LogP contribution < -0.4 is 10.1 Å². The summed E-state index contributed by atoms with van der Waals surface area (Å²) in [5.41, 5.74) is 2.07. The summed E-state index contributed by atoms with van der Waals surface area (Å²) in [6, 6.07) is 7.29. The molecule has 0 aliphatic carbocycles. The van der Waals surface area contributed by atoms with E-state index in [2.05, 4.69) is 35.8 Å². The lowest BCUT2D eigenvalue weighted by Gasteiger charge is -2.28. The molecule has 0 saturated heterocycles. The molecule has 1 aromatic heterocycles. The molecule has 30 heavy (non-hydrogen) atoms. The van der Waals surface area contributed by atoms with Crippen molar-refractivity contribution >= 4 is 23.7 Å². The van der Waals surface area contributed by atoms with Crippen LogP contribution in [0, 0.1) is 0 Å². The van der Waals surface area contributed by atoms with E-state index in [0.717, 1.165) is 29.9 Å². The number of nitrogens with zero attached hydrogens (tertiary/aromatic N) is 3. The summed E-state index contributed by atoms with van der Waals surface area (Å²) in [7, 11) is 0. The fraction of sp³-hybridized carbons (Fsp3) is 0.409. The third-order valence-corrected chi connectivity index (χ3v) is 5.51. The smallest absolute Gasteiger partial charge is 0.338 e. The summed E-state index contributed by atoms with van der Waals surface area (Å²) < 4.78 is 13.0. The van der Waals surface area contributed by atoms with E-state index in [1.807, 2.05) is 31.2 Å². The van der Waals surface area contributed by atoms with Crippen LogP contribution in [0.15, 0.2) is 53.3 Å².